The number of anilines is 2. The lowest BCUT2D eigenvalue weighted by molar-refractivity contribution is 0.570. The van der Waals surface area contributed by atoms with E-state index in [0.29, 0.717) is 0 Å². The quantitative estimate of drug-likeness (QED) is 0.836. The topological polar surface area (TPSA) is 92.3 Å². The van der Waals surface area contributed by atoms with E-state index in [1.807, 2.05) is 0 Å². The minimum Gasteiger partial charge on any atom is -0.282 e. The van der Waals surface area contributed by atoms with Crippen molar-refractivity contribution in [1.29, 1.82) is 0 Å². The van der Waals surface area contributed by atoms with Gasteiger partial charge in [-0.15, -0.1) is 0 Å². The first-order valence-corrected chi connectivity index (χ1v) is 9.88. The van der Waals surface area contributed by atoms with E-state index < -0.39 is 30.8 Å². The minimum atomic E-state index is -4.26. The van der Waals surface area contributed by atoms with Crippen molar-refractivity contribution in [2.24, 2.45) is 0 Å². The van der Waals surface area contributed by atoms with Gasteiger partial charge in [0.2, 0.25) is 10.0 Å². The molecule has 0 fully saturated rings. The van der Waals surface area contributed by atoms with Gasteiger partial charge >= 0.3 is 0 Å². The van der Waals surface area contributed by atoms with Crippen LogP contribution in [0.15, 0.2) is 47.4 Å². The number of benzene rings is 2. The molecule has 0 aliphatic rings. The third-order valence-corrected chi connectivity index (χ3v) is 4.87. The van der Waals surface area contributed by atoms with Crippen LogP contribution >= 0.6 is 11.6 Å². The maximum Gasteiger partial charge on any atom is 0.264 e. The number of halogens is 2. The number of para-hydroxylation sites is 2. The highest BCUT2D eigenvalue weighted by molar-refractivity contribution is 7.93. The Labute approximate surface area is 138 Å². The van der Waals surface area contributed by atoms with Gasteiger partial charge in [-0.2, -0.15) is 0 Å². The molecule has 124 valence electrons. The molecule has 6 nitrogen and oxygen atoms in total. The predicted octanol–water partition coefficient (Wildman–Crippen LogP) is 2.65. The largest absolute Gasteiger partial charge is 0.282 e. The van der Waals surface area contributed by atoms with Crippen LogP contribution in [0.2, 0.25) is 5.02 Å². The number of hydrogen-bond acceptors (Lipinski definition) is 4. The van der Waals surface area contributed by atoms with Gasteiger partial charge in [-0.3, -0.25) is 9.44 Å². The summed E-state index contributed by atoms with van der Waals surface area (Å²) in [6, 6.07) is 8.87. The van der Waals surface area contributed by atoms with Crippen LogP contribution in [0.5, 0.6) is 0 Å². The zero-order valence-electron chi connectivity index (χ0n) is 11.7. The van der Waals surface area contributed by atoms with Gasteiger partial charge in [0, 0.05) is 5.02 Å². The average Bonchev–Trinajstić information content (AvgIpc) is 2.38. The van der Waals surface area contributed by atoms with Crippen LogP contribution in [0, 0.1) is 5.82 Å². The SMILES string of the molecule is CS(=O)(=O)Nc1ccccc1NS(=O)(=O)c1ccc(Cl)cc1F. The molecular weight excluding hydrogens is 367 g/mol. The summed E-state index contributed by atoms with van der Waals surface area (Å²) in [5.74, 6) is -1.02. The number of hydrogen-bond donors (Lipinski definition) is 2. The fourth-order valence-electron chi connectivity index (χ4n) is 1.75. The lowest BCUT2D eigenvalue weighted by atomic mass is 10.3. The van der Waals surface area contributed by atoms with Crippen LogP contribution in [0.4, 0.5) is 15.8 Å². The molecule has 0 bridgehead atoms. The molecule has 0 atom stereocenters. The zero-order chi connectivity index (χ0) is 17.3. The first-order chi connectivity index (χ1) is 10.6. The van der Waals surface area contributed by atoms with Crippen LogP contribution in [0.3, 0.4) is 0 Å². The van der Waals surface area contributed by atoms with Gasteiger partial charge in [0.05, 0.1) is 17.6 Å². The third kappa shape index (κ3) is 4.57. The van der Waals surface area contributed by atoms with Gasteiger partial charge in [0.25, 0.3) is 10.0 Å². The predicted molar refractivity (Wildman–Crippen MR) is 87.1 cm³/mol. The summed E-state index contributed by atoms with van der Waals surface area (Å²) in [6.07, 6.45) is 0.928. The first kappa shape index (κ1) is 17.5. The lowest BCUT2D eigenvalue weighted by Gasteiger charge is -2.13. The first-order valence-electron chi connectivity index (χ1n) is 6.13. The molecule has 0 radical (unpaired) electrons. The van der Waals surface area contributed by atoms with Crippen molar-refractivity contribution >= 4 is 43.0 Å². The second kappa shape index (κ2) is 6.34. The Kier molecular flexibility index (Phi) is 4.83. The highest BCUT2D eigenvalue weighted by Crippen LogP contribution is 2.26. The summed E-state index contributed by atoms with van der Waals surface area (Å²) in [4.78, 5) is -0.601. The van der Waals surface area contributed by atoms with E-state index in [1.165, 1.54) is 30.3 Å². The molecule has 0 amide bonds. The fourth-order valence-corrected chi connectivity index (χ4v) is 3.63. The van der Waals surface area contributed by atoms with Crippen molar-refractivity contribution in [2.45, 2.75) is 4.90 Å². The maximum atomic E-state index is 13.8. The van der Waals surface area contributed by atoms with Gasteiger partial charge in [-0.1, -0.05) is 23.7 Å². The number of nitrogens with one attached hydrogen (secondary N) is 2. The molecule has 0 saturated carbocycles. The Morgan fingerprint density at radius 3 is 2.04 bits per heavy atom. The van der Waals surface area contributed by atoms with E-state index in [1.54, 1.807) is 0 Å². The molecule has 0 aromatic heterocycles. The van der Waals surface area contributed by atoms with Crippen LogP contribution < -0.4 is 9.44 Å². The Morgan fingerprint density at radius 2 is 1.52 bits per heavy atom. The lowest BCUT2D eigenvalue weighted by Crippen LogP contribution is -2.17. The van der Waals surface area contributed by atoms with E-state index in [4.69, 9.17) is 11.6 Å². The van der Waals surface area contributed by atoms with Gasteiger partial charge in [-0.25, -0.2) is 21.2 Å². The summed E-state index contributed by atoms with van der Waals surface area (Å²) >= 11 is 5.59. The molecule has 2 aromatic rings. The van der Waals surface area contributed by atoms with E-state index >= 15 is 0 Å². The van der Waals surface area contributed by atoms with E-state index in [2.05, 4.69) is 9.44 Å². The average molecular weight is 379 g/mol. The maximum absolute atomic E-state index is 13.8. The van der Waals surface area contributed by atoms with Crippen LogP contribution in [-0.4, -0.2) is 23.1 Å². The molecule has 0 saturated heterocycles. The summed E-state index contributed by atoms with van der Waals surface area (Å²) in [5.41, 5.74) is -0.0137. The normalized spacial score (nSPS) is 12.0. The molecular formula is C13H12ClFN2O4S2. The highest BCUT2D eigenvalue weighted by Gasteiger charge is 2.21. The molecule has 0 aliphatic heterocycles. The summed E-state index contributed by atoms with van der Waals surface area (Å²) in [7, 11) is -7.87. The molecule has 2 N–H and O–H groups in total. The second-order valence-corrected chi connectivity index (χ2v) is 8.44. The van der Waals surface area contributed by atoms with Crippen molar-refractivity contribution < 1.29 is 21.2 Å². The number of rotatable bonds is 5. The molecule has 0 heterocycles. The Hall–Kier alpha value is -1.84. The van der Waals surface area contributed by atoms with Gasteiger partial charge in [0.1, 0.15) is 10.7 Å². The van der Waals surface area contributed by atoms with Crippen LogP contribution in [-0.2, 0) is 20.0 Å². The molecule has 0 unspecified atom stereocenters. The standard InChI is InChI=1S/C13H12ClFN2O4S2/c1-22(18,19)16-11-4-2-3-5-12(11)17-23(20,21)13-7-6-9(14)8-10(13)15/h2-8,16-17H,1H3. The third-order valence-electron chi connectivity index (χ3n) is 2.65. The van der Waals surface area contributed by atoms with Crippen LogP contribution in [0.25, 0.3) is 0 Å². The molecule has 0 aliphatic carbocycles. The summed E-state index contributed by atoms with van der Waals surface area (Å²) < 4.78 is 65.3. The Morgan fingerprint density at radius 1 is 0.957 bits per heavy atom. The second-order valence-electron chi connectivity index (χ2n) is 4.60. The van der Waals surface area contributed by atoms with E-state index in [-0.39, 0.29) is 16.4 Å². The van der Waals surface area contributed by atoms with Crippen LogP contribution in [0.1, 0.15) is 0 Å². The van der Waals surface area contributed by atoms with E-state index in [0.717, 1.165) is 18.4 Å². The zero-order valence-corrected chi connectivity index (χ0v) is 14.1. The van der Waals surface area contributed by atoms with Crippen molar-refractivity contribution in [3.8, 4) is 0 Å². The molecule has 2 aromatic carbocycles. The molecule has 2 rings (SSSR count). The van der Waals surface area contributed by atoms with Crippen molar-refractivity contribution in [2.75, 3.05) is 15.7 Å². The van der Waals surface area contributed by atoms with Gasteiger partial charge in [0.15, 0.2) is 0 Å². The molecule has 0 spiro atoms. The van der Waals surface area contributed by atoms with Crippen molar-refractivity contribution in [3.63, 3.8) is 0 Å². The monoisotopic (exact) mass is 378 g/mol. The van der Waals surface area contributed by atoms with Crippen molar-refractivity contribution in [1.82, 2.24) is 0 Å². The van der Waals surface area contributed by atoms with Gasteiger partial charge in [-0.05, 0) is 30.3 Å². The van der Waals surface area contributed by atoms with Crippen molar-refractivity contribution in [3.05, 3.63) is 53.3 Å². The Balaban J connectivity index is 2.42. The molecule has 23 heavy (non-hydrogen) atoms. The van der Waals surface area contributed by atoms with E-state index in [9.17, 15) is 21.2 Å². The highest BCUT2D eigenvalue weighted by atomic mass is 35.5. The Bertz CT molecular complexity index is 946. The summed E-state index contributed by atoms with van der Waals surface area (Å²) in [6.45, 7) is 0. The summed E-state index contributed by atoms with van der Waals surface area (Å²) in [5, 5.41) is 0.0561. The smallest absolute Gasteiger partial charge is 0.264 e. The minimum absolute atomic E-state index is 0.0212. The molecule has 10 heteroatoms. The van der Waals surface area contributed by atoms with Gasteiger partial charge < -0.3 is 0 Å². The fraction of sp³-hybridized carbons (Fsp3) is 0.0769. The number of sulfonamides is 2.